The number of aliphatic hydroxyl groups is 1. The number of ketones is 1. The van der Waals surface area contributed by atoms with E-state index in [-0.39, 0.29) is 23.4 Å². The zero-order valence-corrected chi connectivity index (χ0v) is 17.8. The molecule has 1 aromatic heterocycles. The lowest BCUT2D eigenvalue weighted by Gasteiger charge is -2.24. The lowest BCUT2D eigenvalue weighted by atomic mass is 9.99. The minimum Gasteiger partial charge on any atom is -0.507 e. The minimum absolute atomic E-state index is 0.119. The van der Waals surface area contributed by atoms with Gasteiger partial charge in [-0.15, -0.1) is 11.3 Å². The number of rotatable bonds is 4. The molecule has 4 nitrogen and oxygen atoms in total. The van der Waals surface area contributed by atoms with E-state index in [0.29, 0.717) is 15.5 Å². The number of likely N-dealkylation sites (tertiary alicyclic amines) is 1. The van der Waals surface area contributed by atoms with Crippen LogP contribution in [0.15, 0.2) is 71.6 Å². The highest BCUT2D eigenvalue weighted by molar-refractivity contribution is 7.10. The van der Waals surface area contributed by atoms with Crippen LogP contribution in [0, 0.1) is 0 Å². The van der Waals surface area contributed by atoms with E-state index in [0.717, 1.165) is 12.1 Å². The molecule has 0 saturated carbocycles. The molecule has 1 fully saturated rings. The van der Waals surface area contributed by atoms with E-state index in [1.807, 2.05) is 0 Å². The van der Waals surface area contributed by atoms with Gasteiger partial charge in [0.2, 0.25) is 0 Å². The molecule has 1 atom stereocenters. The van der Waals surface area contributed by atoms with Crippen LogP contribution in [0.4, 0.5) is 13.2 Å². The van der Waals surface area contributed by atoms with Gasteiger partial charge in [-0.1, -0.05) is 29.8 Å². The number of alkyl halides is 3. The molecule has 4 rings (SSSR count). The van der Waals surface area contributed by atoms with Crippen molar-refractivity contribution >= 4 is 40.4 Å². The fraction of sp³-hybridized carbons (Fsp3) is 0.130. The molecule has 1 aliphatic rings. The van der Waals surface area contributed by atoms with Gasteiger partial charge in [-0.2, -0.15) is 13.2 Å². The largest absolute Gasteiger partial charge is 0.507 e. The van der Waals surface area contributed by atoms with E-state index < -0.39 is 29.5 Å². The molecule has 0 spiro atoms. The second-order valence-electron chi connectivity index (χ2n) is 7.15. The fourth-order valence-electron chi connectivity index (χ4n) is 3.59. The van der Waals surface area contributed by atoms with Crippen molar-refractivity contribution in [2.75, 3.05) is 0 Å². The first-order chi connectivity index (χ1) is 15.2. The summed E-state index contributed by atoms with van der Waals surface area (Å²) in [5.74, 6) is -2.16. The number of hydrogen-bond acceptors (Lipinski definition) is 4. The molecule has 1 N–H and O–H groups in total. The van der Waals surface area contributed by atoms with Gasteiger partial charge in [0.05, 0.1) is 17.2 Å². The van der Waals surface area contributed by atoms with Crippen molar-refractivity contribution in [3.63, 3.8) is 0 Å². The number of Topliss-reactive ketones (excluding diaryl/α,β-unsaturated/α-hetero) is 1. The maximum atomic E-state index is 13.1. The first kappa shape index (κ1) is 22.1. The Labute approximate surface area is 190 Å². The van der Waals surface area contributed by atoms with Crippen LogP contribution < -0.4 is 0 Å². The number of aliphatic hydroxyl groups excluding tert-OH is 1. The predicted octanol–water partition coefficient (Wildman–Crippen LogP) is 6.04. The van der Waals surface area contributed by atoms with Crippen molar-refractivity contribution in [1.29, 1.82) is 0 Å². The average molecular weight is 478 g/mol. The molecule has 1 aliphatic heterocycles. The molecule has 1 saturated heterocycles. The molecule has 9 heteroatoms. The zero-order valence-electron chi connectivity index (χ0n) is 16.3. The van der Waals surface area contributed by atoms with Crippen molar-refractivity contribution in [3.05, 3.63) is 98.2 Å². The Bertz CT molecular complexity index is 1200. The highest BCUT2D eigenvalue weighted by Gasteiger charge is 2.46. The van der Waals surface area contributed by atoms with Gasteiger partial charge in [0.25, 0.3) is 11.7 Å². The van der Waals surface area contributed by atoms with E-state index in [4.69, 9.17) is 11.6 Å². The van der Waals surface area contributed by atoms with Crippen molar-refractivity contribution < 1.29 is 27.9 Å². The average Bonchev–Trinajstić information content (AvgIpc) is 3.36. The smallest absolute Gasteiger partial charge is 0.416 e. The summed E-state index contributed by atoms with van der Waals surface area (Å²) >= 11 is 7.16. The molecule has 2 aromatic carbocycles. The highest BCUT2D eigenvalue weighted by Crippen LogP contribution is 2.42. The maximum Gasteiger partial charge on any atom is 0.416 e. The Morgan fingerprint density at radius 2 is 1.78 bits per heavy atom. The zero-order chi connectivity index (χ0) is 23.0. The Balaban J connectivity index is 1.79. The van der Waals surface area contributed by atoms with Crippen LogP contribution in [0.1, 0.15) is 27.6 Å². The summed E-state index contributed by atoms with van der Waals surface area (Å²) in [5, 5.41) is 13.1. The molecule has 164 valence electrons. The van der Waals surface area contributed by atoms with Crippen LogP contribution in [0.3, 0.4) is 0 Å². The molecule has 3 aromatic rings. The number of benzene rings is 2. The third-order valence-electron chi connectivity index (χ3n) is 5.08. The Morgan fingerprint density at radius 3 is 2.41 bits per heavy atom. The number of carbonyl (C=O) groups is 2. The third kappa shape index (κ3) is 4.16. The normalized spacial score (nSPS) is 18.4. The van der Waals surface area contributed by atoms with Crippen molar-refractivity contribution in [2.45, 2.75) is 18.8 Å². The number of halogens is 4. The van der Waals surface area contributed by atoms with Crippen LogP contribution >= 0.6 is 22.9 Å². The van der Waals surface area contributed by atoms with Gasteiger partial charge < -0.3 is 10.0 Å². The van der Waals surface area contributed by atoms with Gasteiger partial charge in [0.15, 0.2) is 0 Å². The molecule has 0 aliphatic carbocycles. The molecule has 0 radical (unpaired) electrons. The highest BCUT2D eigenvalue weighted by atomic mass is 35.5. The Hall–Kier alpha value is -3.10. The second kappa shape index (κ2) is 8.44. The Kier molecular flexibility index (Phi) is 5.83. The van der Waals surface area contributed by atoms with Gasteiger partial charge in [0.1, 0.15) is 5.76 Å². The standard InChI is InChI=1S/C23H15ClF3NO3S/c24-16-8-6-14(7-9-16)20(29)18-19(17-5-2-10-32-17)28(22(31)21(18)30)12-13-3-1-4-15(11-13)23(25,26)27/h1-11,19,29H,12H2/b20-18-. The minimum atomic E-state index is -4.54. The fourth-order valence-corrected chi connectivity index (χ4v) is 4.56. The van der Waals surface area contributed by atoms with Crippen molar-refractivity contribution in [2.24, 2.45) is 0 Å². The number of hydrogen-bond donors (Lipinski definition) is 1. The number of thiophene rings is 1. The van der Waals surface area contributed by atoms with Crippen molar-refractivity contribution in [1.82, 2.24) is 4.90 Å². The molecular weight excluding hydrogens is 463 g/mol. The monoisotopic (exact) mass is 477 g/mol. The van der Waals surface area contributed by atoms with Crippen LogP contribution in [0.2, 0.25) is 5.02 Å². The first-order valence-electron chi connectivity index (χ1n) is 9.40. The lowest BCUT2D eigenvalue weighted by molar-refractivity contribution is -0.140. The van der Waals surface area contributed by atoms with Crippen LogP contribution in [0.25, 0.3) is 5.76 Å². The van der Waals surface area contributed by atoms with Gasteiger partial charge in [-0.25, -0.2) is 0 Å². The molecule has 32 heavy (non-hydrogen) atoms. The SMILES string of the molecule is O=C1C(=O)N(Cc2cccc(C(F)(F)F)c2)C(c2cccs2)/C1=C(/O)c1ccc(Cl)cc1. The summed E-state index contributed by atoms with van der Waals surface area (Å²) in [6, 6.07) is 13.2. The van der Waals surface area contributed by atoms with Crippen LogP contribution in [-0.4, -0.2) is 21.7 Å². The second-order valence-corrected chi connectivity index (χ2v) is 8.56. The van der Waals surface area contributed by atoms with Crippen LogP contribution in [0.5, 0.6) is 0 Å². The summed E-state index contributed by atoms with van der Waals surface area (Å²) in [5.41, 5.74) is -0.449. The summed E-state index contributed by atoms with van der Waals surface area (Å²) in [4.78, 5) is 27.6. The van der Waals surface area contributed by atoms with E-state index in [9.17, 15) is 27.9 Å². The summed E-state index contributed by atoms with van der Waals surface area (Å²) in [7, 11) is 0. The maximum absolute atomic E-state index is 13.1. The molecule has 2 heterocycles. The summed E-state index contributed by atoms with van der Waals surface area (Å²) in [6.45, 7) is -0.228. The molecule has 1 amide bonds. The summed E-state index contributed by atoms with van der Waals surface area (Å²) in [6.07, 6.45) is -4.54. The quantitative estimate of drug-likeness (QED) is 0.283. The van der Waals surface area contributed by atoms with Gasteiger partial charge in [-0.3, -0.25) is 9.59 Å². The first-order valence-corrected chi connectivity index (χ1v) is 10.7. The van der Waals surface area contributed by atoms with Gasteiger partial charge in [0, 0.05) is 22.0 Å². The molecule has 0 bridgehead atoms. The molecule has 1 unspecified atom stereocenters. The molecular formula is C23H15ClF3NO3S. The Morgan fingerprint density at radius 1 is 1.06 bits per heavy atom. The van der Waals surface area contributed by atoms with E-state index in [1.165, 1.54) is 52.6 Å². The van der Waals surface area contributed by atoms with Gasteiger partial charge >= 0.3 is 6.18 Å². The lowest BCUT2D eigenvalue weighted by Crippen LogP contribution is -2.29. The number of carbonyl (C=O) groups excluding carboxylic acids is 2. The van der Waals surface area contributed by atoms with Gasteiger partial charge in [-0.05, 0) is 53.4 Å². The number of nitrogens with zero attached hydrogens (tertiary/aromatic N) is 1. The third-order valence-corrected chi connectivity index (χ3v) is 6.25. The van der Waals surface area contributed by atoms with Crippen LogP contribution in [-0.2, 0) is 22.3 Å². The van der Waals surface area contributed by atoms with E-state index >= 15 is 0 Å². The van der Waals surface area contributed by atoms with Crippen molar-refractivity contribution in [3.8, 4) is 0 Å². The van der Waals surface area contributed by atoms with E-state index in [2.05, 4.69) is 0 Å². The van der Waals surface area contributed by atoms with E-state index in [1.54, 1.807) is 17.5 Å². The number of amides is 1. The topological polar surface area (TPSA) is 57.6 Å². The predicted molar refractivity (Wildman–Crippen MR) is 115 cm³/mol. The summed E-state index contributed by atoms with van der Waals surface area (Å²) < 4.78 is 39.4.